The van der Waals surface area contributed by atoms with Gasteiger partial charge in [0.1, 0.15) is 0 Å². The Labute approximate surface area is 87.9 Å². The molecule has 1 amide bonds. The first kappa shape index (κ1) is 11.4. The Hall–Kier alpha value is -1.68. The molecule has 0 aliphatic carbocycles. The molecule has 0 bridgehead atoms. The predicted molar refractivity (Wildman–Crippen MR) is 55.3 cm³/mol. The molecule has 1 aromatic carbocycles. The molecule has 4 nitrogen and oxygen atoms in total. The average Bonchev–Trinajstić information content (AvgIpc) is 2.17. The molecule has 1 atom stereocenters. The normalized spacial score (nSPS) is 11.9. The van der Waals surface area contributed by atoms with Gasteiger partial charge in [0.05, 0.1) is 0 Å². The van der Waals surface area contributed by atoms with Crippen LogP contribution in [0.5, 0.6) is 0 Å². The van der Waals surface area contributed by atoms with Crippen molar-refractivity contribution in [3.05, 3.63) is 35.4 Å². The molecule has 1 rings (SSSR count). The molecule has 0 aliphatic heterocycles. The zero-order chi connectivity index (χ0) is 11.4. The number of rotatable bonds is 3. The first-order chi connectivity index (χ1) is 7.00. The minimum Gasteiger partial charge on any atom is -0.367 e. The van der Waals surface area contributed by atoms with Gasteiger partial charge >= 0.3 is 0 Å². The van der Waals surface area contributed by atoms with E-state index in [0.717, 1.165) is 5.56 Å². The van der Waals surface area contributed by atoms with Crippen molar-refractivity contribution in [1.29, 1.82) is 0 Å². The molecule has 0 saturated carbocycles. The van der Waals surface area contributed by atoms with Crippen molar-refractivity contribution in [3.63, 3.8) is 0 Å². The lowest BCUT2D eigenvalue weighted by Gasteiger charge is -2.09. The number of carbonyl (C=O) groups excluding carboxylic acids is 2. The van der Waals surface area contributed by atoms with E-state index in [1.54, 1.807) is 24.3 Å². The maximum absolute atomic E-state index is 11.5. The number of nitrogens with one attached hydrogen (secondary N) is 1. The zero-order valence-corrected chi connectivity index (χ0v) is 8.65. The van der Waals surface area contributed by atoms with Gasteiger partial charge in [0.2, 0.25) is 11.7 Å². The van der Waals surface area contributed by atoms with E-state index >= 15 is 0 Å². The highest BCUT2D eigenvalue weighted by atomic mass is 16.3. The standard InChI is InChI=1S/C11H13NO3/c1-7-3-5-9(6-4-7)10(14)11(15)12-8(2)13/h3-6,11,15H,1-2H3,(H,12,13)/t11-/m0/s1. The number of benzene rings is 1. The number of Topliss-reactive ketones (excluding diaryl/α,β-unsaturated/α-hetero) is 1. The molecule has 2 N–H and O–H groups in total. The summed E-state index contributed by atoms with van der Waals surface area (Å²) in [5.41, 5.74) is 1.41. The Morgan fingerprint density at radius 2 is 1.80 bits per heavy atom. The highest BCUT2D eigenvalue weighted by Crippen LogP contribution is 2.05. The van der Waals surface area contributed by atoms with Crippen LogP contribution in [0.3, 0.4) is 0 Å². The lowest BCUT2D eigenvalue weighted by atomic mass is 10.1. The van der Waals surface area contributed by atoms with E-state index in [1.165, 1.54) is 6.92 Å². The summed E-state index contributed by atoms with van der Waals surface area (Å²) in [5.74, 6) is -0.951. The van der Waals surface area contributed by atoms with Gasteiger partial charge in [0.15, 0.2) is 6.23 Å². The fourth-order valence-corrected chi connectivity index (χ4v) is 1.13. The monoisotopic (exact) mass is 207 g/mol. The molecular weight excluding hydrogens is 194 g/mol. The van der Waals surface area contributed by atoms with E-state index in [9.17, 15) is 14.7 Å². The fourth-order valence-electron chi connectivity index (χ4n) is 1.13. The van der Waals surface area contributed by atoms with Gasteiger partial charge in [-0.2, -0.15) is 0 Å². The first-order valence-electron chi connectivity index (χ1n) is 4.57. The van der Waals surface area contributed by atoms with Crippen LogP contribution in [0.2, 0.25) is 0 Å². The number of ketones is 1. The third kappa shape index (κ3) is 3.18. The molecule has 0 fully saturated rings. The molecule has 0 saturated heterocycles. The summed E-state index contributed by atoms with van der Waals surface area (Å²) in [7, 11) is 0. The number of aliphatic hydroxyl groups is 1. The number of hydrogen-bond acceptors (Lipinski definition) is 3. The fraction of sp³-hybridized carbons (Fsp3) is 0.273. The molecule has 0 unspecified atom stereocenters. The van der Waals surface area contributed by atoms with Crippen LogP contribution in [-0.4, -0.2) is 23.0 Å². The second kappa shape index (κ2) is 4.70. The van der Waals surface area contributed by atoms with E-state index in [4.69, 9.17) is 0 Å². The minimum absolute atomic E-state index is 0.377. The van der Waals surface area contributed by atoms with Crippen LogP contribution >= 0.6 is 0 Å². The van der Waals surface area contributed by atoms with Crippen LogP contribution in [0.15, 0.2) is 24.3 Å². The summed E-state index contributed by atoms with van der Waals surface area (Å²) in [6.45, 7) is 3.14. The number of carbonyl (C=O) groups is 2. The van der Waals surface area contributed by atoms with Gasteiger partial charge in [0, 0.05) is 12.5 Å². The zero-order valence-electron chi connectivity index (χ0n) is 8.65. The highest BCUT2D eigenvalue weighted by Gasteiger charge is 2.17. The molecule has 0 heterocycles. The molecule has 1 aromatic rings. The van der Waals surface area contributed by atoms with Gasteiger partial charge in [0.25, 0.3) is 0 Å². The Bertz CT molecular complexity index is 370. The Morgan fingerprint density at radius 1 is 1.27 bits per heavy atom. The molecular formula is C11H13NO3. The first-order valence-corrected chi connectivity index (χ1v) is 4.57. The van der Waals surface area contributed by atoms with Gasteiger partial charge in [-0.05, 0) is 6.92 Å². The molecule has 0 aromatic heterocycles. The molecule has 0 spiro atoms. The Morgan fingerprint density at radius 3 is 2.27 bits per heavy atom. The summed E-state index contributed by atoms with van der Waals surface area (Å²) in [6, 6.07) is 6.77. The van der Waals surface area contributed by atoms with E-state index in [-0.39, 0.29) is 0 Å². The number of aryl methyl sites for hydroxylation is 1. The van der Waals surface area contributed by atoms with E-state index in [2.05, 4.69) is 5.32 Å². The van der Waals surface area contributed by atoms with E-state index in [1.807, 2.05) is 6.92 Å². The minimum atomic E-state index is -1.47. The van der Waals surface area contributed by atoms with Gasteiger partial charge < -0.3 is 10.4 Å². The van der Waals surface area contributed by atoms with Crippen molar-refractivity contribution in [2.24, 2.45) is 0 Å². The Balaban J connectivity index is 2.76. The van der Waals surface area contributed by atoms with Crippen molar-refractivity contribution in [3.8, 4) is 0 Å². The van der Waals surface area contributed by atoms with Crippen molar-refractivity contribution >= 4 is 11.7 Å². The lowest BCUT2D eigenvalue weighted by Crippen LogP contribution is -2.39. The predicted octanol–water partition coefficient (Wildman–Crippen LogP) is 0.632. The van der Waals surface area contributed by atoms with Crippen LogP contribution < -0.4 is 5.32 Å². The average molecular weight is 207 g/mol. The van der Waals surface area contributed by atoms with Crippen molar-refractivity contribution < 1.29 is 14.7 Å². The van der Waals surface area contributed by atoms with Crippen LogP contribution in [0.1, 0.15) is 22.8 Å². The summed E-state index contributed by atoms with van der Waals surface area (Å²) in [5, 5.41) is 11.5. The van der Waals surface area contributed by atoms with Crippen LogP contribution in [0.25, 0.3) is 0 Å². The molecule has 15 heavy (non-hydrogen) atoms. The topological polar surface area (TPSA) is 66.4 Å². The van der Waals surface area contributed by atoms with Crippen molar-refractivity contribution in [1.82, 2.24) is 5.32 Å². The summed E-state index contributed by atoms with van der Waals surface area (Å²) >= 11 is 0. The lowest BCUT2D eigenvalue weighted by molar-refractivity contribution is -0.121. The van der Waals surface area contributed by atoms with Crippen LogP contribution in [0, 0.1) is 6.92 Å². The molecule has 0 radical (unpaired) electrons. The molecule has 0 aliphatic rings. The molecule has 80 valence electrons. The van der Waals surface area contributed by atoms with Gasteiger partial charge in [-0.1, -0.05) is 29.8 Å². The maximum atomic E-state index is 11.5. The summed E-state index contributed by atoms with van der Waals surface area (Å²) in [4.78, 5) is 22.1. The van der Waals surface area contributed by atoms with Gasteiger partial charge in [-0.3, -0.25) is 9.59 Å². The highest BCUT2D eigenvalue weighted by molar-refractivity contribution is 6.00. The Kier molecular flexibility index (Phi) is 3.57. The smallest absolute Gasteiger partial charge is 0.219 e. The van der Waals surface area contributed by atoms with Crippen LogP contribution in [-0.2, 0) is 4.79 Å². The largest absolute Gasteiger partial charge is 0.367 e. The molecule has 4 heteroatoms. The van der Waals surface area contributed by atoms with Crippen molar-refractivity contribution in [2.45, 2.75) is 20.1 Å². The number of aliphatic hydroxyl groups excluding tert-OH is 1. The number of amides is 1. The second-order valence-electron chi connectivity index (χ2n) is 3.33. The van der Waals surface area contributed by atoms with Gasteiger partial charge in [-0.15, -0.1) is 0 Å². The van der Waals surface area contributed by atoms with E-state index in [0.29, 0.717) is 5.56 Å². The SMILES string of the molecule is CC(=O)N[C@@H](O)C(=O)c1ccc(C)cc1. The second-order valence-corrected chi connectivity index (χ2v) is 3.33. The quantitative estimate of drug-likeness (QED) is 0.564. The number of hydrogen-bond donors (Lipinski definition) is 2. The maximum Gasteiger partial charge on any atom is 0.219 e. The van der Waals surface area contributed by atoms with Crippen LogP contribution in [0.4, 0.5) is 0 Å². The van der Waals surface area contributed by atoms with Crippen molar-refractivity contribution in [2.75, 3.05) is 0 Å². The van der Waals surface area contributed by atoms with Gasteiger partial charge in [-0.25, -0.2) is 0 Å². The summed E-state index contributed by atoms with van der Waals surface area (Å²) in [6.07, 6.45) is -1.47. The summed E-state index contributed by atoms with van der Waals surface area (Å²) < 4.78 is 0. The third-order valence-electron chi connectivity index (χ3n) is 1.92. The van der Waals surface area contributed by atoms with E-state index < -0.39 is 17.9 Å². The third-order valence-corrected chi connectivity index (χ3v) is 1.92.